The van der Waals surface area contributed by atoms with Crippen molar-refractivity contribution in [3.05, 3.63) is 48.0 Å². The maximum Gasteiger partial charge on any atom is 0.0960 e. The van der Waals surface area contributed by atoms with Gasteiger partial charge in [0.15, 0.2) is 0 Å². The molecule has 0 amide bonds. The molecular weight excluding hydrogens is 220 g/mol. The summed E-state index contributed by atoms with van der Waals surface area (Å²) in [4.78, 5) is 0. The van der Waals surface area contributed by atoms with Crippen molar-refractivity contribution in [2.45, 2.75) is 31.3 Å². The number of benzene rings is 2. The quantitative estimate of drug-likeness (QED) is 0.800. The smallest absolute Gasteiger partial charge is 0.0960 e. The molecule has 1 nitrogen and oxygen atoms in total. The standard InChI is InChI=1S/C17H18O/c18-17(15-7-3-4-8-16(15)17)14-10-9-12-5-1-2-6-13(12)11-14/h1-2,5-6,9-11,15-16,18H,3-4,7-8H2. The third kappa shape index (κ3) is 1.31. The fourth-order valence-corrected chi connectivity index (χ4v) is 3.96. The Kier molecular flexibility index (Phi) is 2.10. The topological polar surface area (TPSA) is 20.2 Å². The summed E-state index contributed by atoms with van der Waals surface area (Å²) in [5.41, 5.74) is 0.624. The first-order chi connectivity index (χ1) is 8.80. The zero-order valence-electron chi connectivity index (χ0n) is 10.5. The van der Waals surface area contributed by atoms with Gasteiger partial charge in [-0.2, -0.15) is 0 Å². The summed E-state index contributed by atoms with van der Waals surface area (Å²) in [6, 6.07) is 14.8. The van der Waals surface area contributed by atoms with Gasteiger partial charge in [-0.15, -0.1) is 0 Å². The number of hydrogen-bond donors (Lipinski definition) is 1. The lowest BCUT2D eigenvalue weighted by molar-refractivity contribution is 0.118. The minimum absolute atomic E-state index is 0.513. The van der Waals surface area contributed by atoms with Gasteiger partial charge in [0.2, 0.25) is 0 Å². The van der Waals surface area contributed by atoms with E-state index in [1.54, 1.807) is 0 Å². The van der Waals surface area contributed by atoms with E-state index in [0.717, 1.165) is 5.56 Å². The van der Waals surface area contributed by atoms with Crippen molar-refractivity contribution in [2.24, 2.45) is 11.8 Å². The number of hydrogen-bond acceptors (Lipinski definition) is 1. The Morgan fingerprint density at radius 3 is 2.28 bits per heavy atom. The Bertz CT molecular complexity index is 589. The highest BCUT2D eigenvalue weighted by molar-refractivity contribution is 5.83. The fourth-order valence-electron chi connectivity index (χ4n) is 3.96. The van der Waals surface area contributed by atoms with Crippen LogP contribution in [0, 0.1) is 11.8 Å². The number of fused-ring (bicyclic) bond motifs is 2. The van der Waals surface area contributed by atoms with Crippen LogP contribution in [0.5, 0.6) is 0 Å². The zero-order valence-corrected chi connectivity index (χ0v) is 10.5. The first-order valence-corrected chi connectivity index (χ1v) is 7.02. The molecule has 2 fully saturated rings. The SMILES string of the molecule is OC1(c2ccc3ccccc3c2)C2CCCCC21. The second kappa shape index (κ2) is 3.58. The van der Waals surface area contributed by atoms with Gasteiger partial charge in [-0.1, -0.05) is 49.2 Å². The summed E-state index contributed by atoms with van der Waals surface area (Å²) in [5, 5.41) is 13.4. The van der Waals surface area contributed by atoms with E-state index in [1.807, 2.05) is 0 Å². The Morgan fingerprint density at radius 2 is 1.56 bits per heavy atom. The molecule has 1 N–H and O–H groups in total. The average molecular weight is 238 g/mol. The minimum Gasteiger partial charge on any atom is -0.385 e. The summed E-state index contributed by atoms with van der Waals surface area (Å²) >= 11 is 0. The van der Waals surface area contributed by atoms with Crippen LogP contribution >= 0.6 is 0 Å². The highest BCUT2D eigenvalue weighted by Gasteiger charge is 2.64. The molecule has 2 unspecified atom stereocenters. The van der Waals surface area contributed by atoms with Crippen molar-refractivity contribution < 1.29 is 5.11 Å². The van der Waals surface area contributed by atoms with Gasteiger partial charge in [0.1, 0.15) is 0 Å². The highest BCUT2D eigenvalue weighted by atomic mass is 16.3. The third-order valence-electron chi connectivity index (χ3n) is 5.00. The lowest BCUT2D eigenvalue weighted by Crippen LogP contribution is -2.09. The highest BCUT2D eigenvalue weighted by Crippen LogP contribution is 2.64. The minimum atomic E-state index is -0.513. The average Bonchev–Trinajstić information content (AvgIpc) is 3.06. The molecule has 0 radical (unpaired) electrons. The maximum absolute atomic E-state index is 10.9. The third-order valence-corrected chi connectivity index (χ3v) is 5.00. The molecule has 4 rings (SSSR count). The molecule has 0 aromatic heterocycles. The van der Waals surface area contributed by atoms with Crippen molar-refractivity contribution in [1.29, 1.82) is 0 Å². The second-order valence-corrected chi connectivity index (χ2v) is 5.88. The predicted molar refractivity (Wildman–Crippen MR) is 73.3 cm³/mol. The van der Waals surface area contributed by atoms with Gasteiger partial charge < -0.3 is 5.11 Å². The van der Waals surface area contributed by atoms with Crippen LogP contribution in [0.15, 0.2) is 42.5 Å². The molecule has 0 heterocycles. The Hall–Kier alpha value is -1.34. The molecule has 92 valence electrons. The largest absolute Gasteiger partial charge is 0.385 e. The summed E-state index contributed by atoms with van der Waals surface area (Å²) in [7, 11) is 0. The van der Waals surface area contributed by atoms with E-state index < -0.39 is 5.60 Å². The van der Waals surface area contributed by atoms with Crippen LogP contribution in [-0.2, 0) is 5.60 Å². The monoisotopic (exact) mass is 238 g/mol. The summed E-state index contributed by atoms with van der Waals surface area (Å²) in [6.45, 7) is 0. The molecule has 0 saturated heterocycles. The maximum atomic E-state index is 10.9. The van der Waals surface area contributed by atoms with Crippen molar-refractivity contribution >= 4 is 10.8 Å². The molecule has 0 bridgehead atoms. The Balaban J connectivity index is 1.79. The Labute approximate surface area is 107 Å². The molecule has 2 aromatic carbocycles. The zero-order chi connectivity index (χ0) is 12.2. The summed E-state index contributed by atoms with van der Waals surface area (Å²) in [6.07, 6.45) is 4.98. The van der Waals surface area contributed by atoms with Crippen molar-refractivity contribution in [2.75, 3.05) is 0 Å². The van der Waals surface area contributed by atoms with Crippen LogP contribution < -0.4 is 0 Å². The number of aliphatic hydroxyl groups is 1. The van der Waals surface area contributed by atoms with Gasteiger partial charge in [-0.25, -0.2) is 0 Å². The fraction of sp³-hybridized carbons (Fsp3) is 0.412. The molecular formula is C17H18O. The van der Waals surface area contributed by atoms with Crippen LogP contribution in [0.1, 0.15) is 31.2 Å². The van der Waals surface area contributed by atoms with Crippen LogP contribution in [0.3, 0.4) is 0 Å². The van der Waals surface area contributed by atoms with Gasteiger partial charge in [0, 0.05) is 0 Å². The second-order valence-electron chi connectivity index (χ2n) is 5.88. The molecule has 18 heavy (non-hydrogen) atoms. The van der Waals surface area contributed by atoms with Gasteiger partial charge >= 0.3 is 0 Å². The molecule has 2 atom stereocenters. The molecule has 0 spiro atoms. The molecule has 2 aliphatic carbocycles. The Morgan fingerprint density at radius 1 is 0.889 bits per heavy atom. The lowest BCUT2D eigenvalue weighted by atomic mass is 9.99. The van der Waals surface area contributed by atoms with Crippen molar-refractivity contribution in [1.82, 2.24) is 0 Å². The van der Waals surface area contributed by atoms with E-state index in [-0.39, 0.29) is 0 Å². The van der Waals surface area contributed by atoms with E-state index in [2.05, 4.69) is 42.5 Å². The van der Waals surface area contributed by atoms with Crippen LogP contribution in [-0.4, -0.2) is 5.11 Å². The molecule has 1 heteroatoms. The first-order valence-electron chi connectivity index (χ1n) is 7.02. The van der Waals surface area contributed by atoms with Gasteiger partial charge in [-0.3, -0.25) is 0 Å². The molecule has 2 aromatic rings. The summed E-state index contributed by atoms with van der Waals surface area (Å²) in [5.74, 6) is 1.04. The summed E-state index contributed by atoms with van der Waals surface area (Å²) < 4.78 is 0. The van der Waals surface area contributed by atoms with Crippen molar-refractivity contribution in [3.8, 4) is 0 Å². The lowest BCUT2D eigenvalue weighted by Gasteiger charge is -2.12. The first kappa shape index (κ1) is 10.6. The van der Waals surface area contributed by atoms with E-state index >= 15 is 0 Å². The van der Waals surface area contributed by atoms with Gasteiger partial charge in [0.25, 0.3) is 0 Å². The number of rotatable bonds is 1. The predicted octanol–water partition coefficient (Wildman–Crippen LogP) is 3.85. The van der Waals surface area contributed by atoms with Crippen molar-refractivity contribution in [3.63, 3.8) is 0 Å². The molecule has 0 aliphatic heterocycles. The van der Waals surface area contributed by atoms with E-state index in [9.17, 15) is 5.11 Å². The van der Waals surface area contributed by atoms with Gasteiger partial charge in [0.05, 0.1) is 5.60 Å². The van der Waals surface area contributed by atoms with Crippen LogP contribution in [0.25, 0.3) is 10.8 Å². The van der Waals surface area contributed by atoms with Gasteiger partial charge in [-0.05, 0) is 47.1 Å². The van der Waals surface area contributed by atoms with Crippen LogP contribution in [0.4, 0.5) is 0 Å². The molecule has 2 aliphatic rings. The van der Waals surface area contributed by atoms with E-state index in [1.165, 1.54) is 36.5 Å². The molecule has 2 saturated carbocycles. The van der Waals surface area contributed by atoms with E-state index in [4.69, 9.17) is 0 Å². The van der Waals surface area contributed by atoms with Crippen LogP contribution in [0.2, 0.25) is 0 Å². The normalized spacial score (nSPS) is 34.3. The van der Waals surface area contributed by atoms with E-state index in [0.29, 0.717) is 11.8 Å².